The fourth-order valence-electron chi connectivity index (χ4n) is 1.08. The normalized spacial score (nSPS) is 13.0. The Morgan fingerprint density at radius 1 is 1.36 bits per heavy atom. The summed E-state index contributed by atoms with van der Waals surface area (Å²) in [7, 11) is 0. The Balaban J connectivity index is 3.20. The van der Waals surface area contributed by atoms with Gasteiger partial charge in [-0.2, -0.15) is 0 Å². The molecule has 1 unspecified atom stereocenters. The highest BCUT2D eigenvalue weighted by Gasteiger charge is 2.05. The van der Waals surface area contributed by atoms with Gasteiger partial charge in [-0.1, -0.05) is 33.1 Å². The lowest BCUT2D eigenvalue weighted by molar-refractivity contribution is 0.165. The second-order valence-electron chi connectivity index (χ2n) is 2.77. The predicted molar refractivity (Wildman–Crippen MR) is 47.3 cm³/mol. The molecule has 0 rings (SSSR count). The van der Waals surface area contributed by atoms with Crippen LogP contribution in [-0.2, 0) is 3.79 Å². The summed E-state index contributed by atoms with van der Waals surface area (Å²) in [6, 6.07) is 0. The van der Waals surface area contributed by atoms with Crippen molar-refractivity contribution >= 4 is 15.9 Å². The van der Waals surface area contributed by atoms with E-state index in [-0.39, 0.29) is 0 Å². The maximum absolute atomic E-state index is 8.59. The highest BCUT2D eigenvalue weighted by atomic mass is 27.2. The van der Waals surface area contributed by atoms with Gasteiger partial charge in [0.15, 0.2) is 0 Å². The molecule has 0 aliphatic rings. The molecule has 0 amide bonds. The van der Waals surface area contributed by atoms with Gasteiger partial charge in [0.2, 0.25) is 0 Å². The van der Waals surface area contributed by atoms with E-state index >= 15 is 0 Å². The van der Waals surface area contributed by atoms with Gasteiger partial charge < -0.3 is 7.95 Å². The summed E-state index contributed by atoms with van der Waals surface area (Å²) in [6.07, 6.45) is 6.20. The van der Waals surface area contributed by atoms with Crippen LogP contribution >= 0.6 is 0 Å². The molecule has 65 valence electrons. The van der Waals surface area contributed by atoms with E-state index in [1.807, 2.05) is 0 Å². The number of rotatable bonds is 7. The third-order valence-corrected chi connectivity index (χ3v) is 2.34. The van der Waals surface area contributed by atoms with Crippen molar-refractivity contribution in [3.8, 4) is 0 Å². The van der Waals surface area contributed by atoms with Crippen LogP contribution in [0.1, 0.15) is 46.0 Å². The lowest BCUT2D eigenvalue weighted by Gasteiger charge is -2.14. The molecule has 0 spiro atoms. The summed E-state index contributed by atoms with van der Waals surface area (Å²) in [4.78, 5) is 0. The minimum absolute atomic E-state index is 0.307. The molecular weight excluding hydrogens is 155 g/mol. The molecule has 3 heteroatoms. The van der Waals surface area contributed by atoms with Crippen molar-refractivity contribution < 1.29 is 7.95 Å². The fourth-order valence-corrected chi connectivity index (χ4v) is 1.58. The molecule has 1 atom stereocenters. The van der Waals surface area contributed by atoms with Gasteiger partial charge >= 0.3 is 15.9 Å². The predicted octanol–water partition coefficient (Wildman–Crippen LogP) is 1.89. The van der Waals surface area contributed by atoms with Gasteiger partial charge in [-0.05, 0) is 12.8 Å². The van der Waals surface area contributed by atoms with Crippen molar-refractivity contribution in [3.63, 3.8) is 0 Å². The Morgan fingerprint density at radius 2 is 2.09 bits per heavy atom. The first-order valence-corrected chi connectivity index (χ1v) is 5.45. The van der Waals surface area contributed by atoms with Crippen molar-refractivity contribution in [2.24, 2.45) is 0 Å². The van der Waals surface area contributed by atoms with Crippen LogP contribution < -0.4 is 0 Å². The van der Waals surface area contributed by atoms with Crippen LogP contribution in [-0.4, -0.2) is 26.1 Å². The smallest absolute Gasteiger partial charge is 0.499 e. The van der Waals surface area contributed by atoms with Crippen LogP contribution in [0, 0.1) is 0 Å². The summed E-state index contributed by atoms with van der Waals surface area (Å²) < 4.78 is 13.8. The monoisotopic (exact) mass is 173 g/mol. The van der Waals surface area contributed by atoms with E-state index in [1.165, 1.54) is 19.3 Å². The number of hydrogen-bond donors (Lipinski definition) is 1. The van der Waals surface area contributed by atoms with E-state index in [1.54, 1.807) is 0 Å². The Bertz CT molecular complexity index is 78.5. The van der Waals surface area contributed by atoms with Gasteiger partial charge in [-0.25, -0.2) is 0 Å². The zero-order chi connectivity index (χ0) is 8.53. The second kappa shape index (κ2) is 8.55. The zero-order valence-electron chi connectivity index (χ0n) is 7.55. The molecule has 0 aromatic rings. The van der Waals surface area contributed by atoms with E-state index in [9.17, 15) is 0 Å². The van der Waals surface area contributed by atoms with Gasteiger partial charge in [0, 0.05) is 6.10 Å². The van der Waals surface area contributed by atoms with Crippen LogP contribution in [0.3, 0.4) is 0 Å². The summed E-state index contributed by atoms with van der Waals surface area (Å²) in [5.41, 5.74) is 0. The van der Waals surface area contributed by atoms with Crippen molar-refractivity contribution in [3.05, 3.63) is 0 Å². The Kier molecular flexibility index (Phi) is 8.90. The highest BCUT2D eigenvalue weighted by molar-refractivity contribution is 6.15. The molecule has 0 aromatic carbocycles. The van der Waals surface area contributed by atoms with E-state index in [0.717, 1.165) is 12.8 Å². The van der Waals surface area contributed by atoms with Crippen LogP contribution in [0.4, 0.5) is 0 Å². The molecule has 1 N–H and O–H groups in total. The standard InChI is InChI=1S/C8H17O.Al.H2O/c1-3-5-6-7-8(9)4-2;;/h8H,3-7H2,1-2H3;;1H2/q-1;+2;/p-1. The first kappa shape index (κ1) is 11.5. The maximum atomic E-state index is 8.59. The van der Waals surface area contributed by atoms with Gasteiger partial charge in [0.25, 0.3) is 0 Å². The van der Waals surface area contributed by atoms with E-state index < -0.39 is 15.9 Å². The number of hydrogen-bond acceptors (Lipinski definition) is 2. The summed E-state index contributed by atoms with van der Waals surface area (Å²) >= 11 is -0.761. The van der Waals surface area contributed by atoms with Crippen molar-refractivity contribution in [1.29, 1.82) is 0 Å². The molecule has 2 nitrogen and oxygen atoms in total. The molecule has 0 aliphatic heterocycles. The van der Waals surface area contributed by atoms with Gasteiger partial charge in [-0.15, -0.1) is 0 Å². The van der Waals surface area contributed by atoms with Crippen molar-refractivity contribution in [1.82, 2.24) is 0 Å². The Morgan fingerprint density at radius 3 is 2.55 bits per heavy atom. The molecule has 0 fully saturated rings. The second-order valence-corrected chi connectivity index (χ2v) is 3.25. The third-order valence-electron chi connectivity index (χ3n) is 1.84. The lowest BCUT2D eigenvalue weighted by Crippen LogP contribution is -2.14. The van der Waals surface area contributed by atoms with Crippen LogP contribution in [0.5, 0.6) is 0 Å². The quantitative estimate of drug-likeness (QED) is 0.470. The van der Waals surface area contributed by atoms with Crippen LogP contribution in [0.2, 0.25) is 0 Å². The number of unbranched alkanes of at least 4 members (excludes halogenated alkanes) is 2. The lowest BCUT2D eigenvalue weighted by atomic mass is 10.1. The van der Waals surface area contributed by atoms with E-state index in [0.29, 0.717) is 6.10 Å². The molecule has 0 heterocycles. The van der Waals surface area contributed by atoms with Crippen molar-refractivity contribution in [2.45, 2.75) is 52.1 Å². The molecule has 1 radical (unpaired) electrons. The zero-order valence-corrected chi connectivity index (χ0v) is 8.70. The highest BCUT2D eigenvalue weighted by Crippen LogP contribution is 2.08. The summed E-state index contributed by atoms with van der Waals surface area (Å²) in [6.45, 7) is 4.30. The van der Waals surface area contributed by atoms with E-state index in [4.69, 9.17) is 7.95 Å². The fraction of sp³-hybridized carbons (Fsp3) is 1.00. The Labute approximate surface area is 76.3 Å². The molecular formula is C8H18AlO2. The molecule has 11 heavy (non-hydrogen) atoms. The topological polar surface area (TPSA) is 29.5 Å². The third kappa shape index (κ3) is 6.84. The molecule has 0 saturated heterocycles. The van der Waals surface area contributed by atoms with Gasteiger partial charge in [-0.3, -0.25) is 0 Å². The summed E-state index contributed by atoms with van der Waals surface area (Å²) in [5, 5.41) is 0. The maximum Gasteiger partial charge on any atom is 0.665 e. The van der Waals surface area contributed by atoms with Crippen LogP contribution in [0.25, 0.3) is 0 Å². The average molecular weight is 173 g/mol. The van der Waals surface area contributed by atoms with E-state index in [2.05, 4.69) is 13.8 Å². The van der Waals surface area contributed by atoms with Gasteiger partial charge in [0.05, 0.1) is 0 Å². The molecule has 0 saturated carbocycles. The SMILES string of the molecule is CCCCCC(CC)[O][Al][OH]. The molecule has 0 bridgehead atoms. The Hall–Kier alpha value is 0.452. The largest absolute Gasteiger partial charge is 0.665 e. The average Bonchev–Trinajstić information content (AvgIpc) is 2.03. The first-order chi connectivity index (χ1) is 5.35. The molecule has 0 aliphatic carbocycles. The summed E-state index contributed by atoms with van der Waals surface area (Å²) in [5.74, 6) is 0. The first-order valence-electron chi connectivity index (χ1n) is 4.46. The molecule has 0 aromatic heterocycles. The minimum atomic E-state index is -0.761. The van der Waals surface area contributed by atoms with Gasteiger partial charge in [0.1, 0.15) is 0 Å². The van der Waals surface area contributed by atoms with Crippen molar-refractivity contribution in [2.75, 3.05) is 0 Å². The van der Waals surface area contributed by atoms with Crippen LogP contribution in [0.15, 0.2) is 0 Å². The minimum Gasteiger partial charge on any atom is -0.499 e.